The van der Waals surface area contributed by atoms with E-state index < -0.39 is 0 Å². The van der Waals surface area contributed by atoms with Gasteiger partial charge in [0.25, 0.3) is 0 Å². The Hall–Kier alpha value is -0.760. The molecule has 1 aliphatic carbocycles. The minimum absolute atomic E-state index is 0.796. The van der Waals surface area contributed by atoms with Crippen LogP contribution in [0.4, 0.5) is 0 Å². The highest BCUT2D eigenvalue weighted by Gasteiger charge is 2.15. The molecule has 1 fully saturated rings. The smallest absolute Gasteiger partial charge is 0.0223 e. The quantitative estimate of drug-likeness (QED) is 0.673. The number of H-pyrrole nitrogens is 1. The highest BCUT2D eigenvalue weighted by molar-refractivity contribution is 5.07. The number of hydrogen-bond acceptors (Lipinski definition) is 1. The van der Waals surface area contributed by atoms with Crippen LogP contribution < -0.4 is 5.32 Å². The molecule has 0 atom stereocenters. The van der Waals surface area contributed by atoms with Gasteiger partial charge in [-0.25, -0.2) is 0 Å². The average molecular weight is 150 g/mol. The summed E-state index contributed by atoms with van der Waals surface area (Å²) < 4.78 is 0. The van der Waals surface area contributed by atoms with Crippen LogP contribution in [0.15, 0.2) is 18.5 Å². The number of hydrogen-bond donors (Lipinski definition) is 2. The van der Waals surface area contributed by atoms with Crippen LogP contribution in [-0.4, -0.2) is 11.0 Å². The first-order chi connectivity index (χ1) is 5.45. The van der Waals surface area contributed by atoms with E-state index in [9.17, 15) is 0 Å². The zero-order valence-electron chi connectivity index (χ0n) is 6.64. The molecular weight excluding hydrogens is 136 g/mol. The molecule has 11 heavy (non-hydrogen) atoms. The van der Waals surface area contributed by atoms with Gasteiger partial charge in [-0.2, -0.15) is 0 Å². The Bertz CT molecular complexity index is 199. The van der Waals surface area contributed by atoms with Gasteiger partial charge < -0.3 is 10.3 Å². The zero-order valence-corrected chi connectivity index (χ0v) is 6.64. The lowest BCUT2D eigenvalue weighted by Gasteiger charge is -2.26. The molecule has 1 heterocycles. The largest absolute Gasteiger partial charge is 0.367 e. The first-order valence-corrected chi connectivity index (χ1v) is 4.30. The van der Waals surface area contributed by atoms with Gasteiger partial charge in [-0.1, -0.05) is 6.42 Å². The molecule has 0 aromatic carbocycles. The summed E-state index contributed by atoms with van der Waals surface area (Å²) in [7, 11) is 0. The van der Waals surface area contributed by atoms with Crippen molar-refractivity contribution in [1.82, 2.24) is 10.3 Å². The van der Waals surface area contributed by atoms with Gasteiger partial charge in [0.15, 0.2) is 0 Å². The number of aromatic nitrogens is 1. The molecule has 1 aromatic heterocycles. The normalized spacial score (nSPS) is 18.2. The van der Waals surface area contributed by atoms with E-state index >= 15 is 0 Å². The Labute approximate surface area is 67.0 Å². The van der Waals surface area contributed by atoms with Crippen LogP contribution in [0.5, 0.6) is 0 Å². The fourth-order valence-electron chi connectivity index (χ4n) is 1.34. The van der Waals surface area contributed by atoms with Crippen LogP contribution in [0, 0.1) is 0 Å². The molecule has 2 heteroatoms. The summed E-state index contributed by atoms with van der Waals surface area (Å²) >= 11 is 0. The molecule has 0 saturated heterocycles. The molecule has 0 bridgehead atoms. The monoisotopic (exact) mass is 150 g/mol. The molecule has 2 nitrogen and oxygen atoms in total. The number of nitrogens with one attached hydrogen (secondary N) is 2. The lowest BCUT2D eigenvalue weighted by molar-refractivity contribution is 0.338. The summed E-state index contributed by atoms with van der Waals surface area (Å²) in [5, 5.41) is 3.50. The van der Waals surface area contributed by atoms with Crippen LogP contribution in [0.3, 0.4) is 0 Å². The average Bonchev–Trinajstić information content (AvgIpc) is 2.36. The minimum atomic E-state index is 0.796. The zero-order chi connectivity index (χ0) is 7.52. The van der Waals surface area contributed by atoms with Crippen molar-refractivity contribution < 1.29 is 0 Å². The van der Waals surface area contributed by atoms with Crippen molar-refractivity contribution in [2.24, 2.45) is 0 Å². The molecule has 0 aliphatic heterocycles. The van der Waals surface area contributed by atoms with E-state index in [1.165, 1.54) is 24.8 Å². The predicted octanol–water partition coefficient (Wildman–Crippen LogP) is 1.66. The molecule has 0 amide bonds. The van der Waals surface area contributed by atoms with Gasteiger partial charge in [-0.15, -0.1) is 0 Å². The first kappa shape index (κ1) is 6.92. The fraction of sp³-hybridized carbons (Fsp3) is 0.556. The van der Waals surface area contributed by atoms with Gasteiger partial charge >= 0.3 is 0 Å². The SMILES string of the molecule is c1cc(CNC2CCC2)c[nH]1. The Morgan fingerprint density at radius 3 is 3.00 bits per heavy atom. The third-order valence-corrected chi connectivity index (χ3v) is 2.36. The summed E-state index contributed by atoms with van der Waals surface area (Å²) in [6.07, 6.45) is 8.16. The second-order valence-electron chi connectivity index (χ2n) is 3.23. The lowest BCUT2D eigenvalue weighted by atomic mass is 9.93. The second-order valence-corrected chi connectivity index (χ2v) is 3.23. The third-order valence-electron chi connectivity index (χ3n) is 2.36. The van der Waals surface area contributed by atoms with Crippen molar-refractivity contribution >= 4 is 0 Å². The Morgan fingerprint density at radius 2 is 2.45 bits per heavy atom. The molecule has 2 N–H and O–H groups in total. The molecule has 1 saturated carbocycles. The molecule has 0 radical (unpaired) electrons. The van der Waals surface area contributed by atoms with E-state index in [1.54, 1.807) is 0 Å². The number of aromatic amines is 1. The van der Waals surface area contributed by atoms with Gasteiger partial charge in [0.2, 0.25) is 0 Å². The van der Waals surface area contributed by atoms with E-state index in [1.807, 2.05) is 12.4 Å². The maximum absolute atomic E-state index is 3.50. The maximum atomic E-state index is 3.50. The first-order valence-electron chi connectivity index (χ1n) is 4.30. The maximum Gasteiger partial charge on any atom is 0.0223 e. The summed E-state index contributed by atoms with van der Waals surface area (Å²) in [5.74, 6) is 0. The van der Waals surface area contributed by atoms with Crippen LogP contribution >= 0.6 is 0 Å². The van der Waals surface area contributed by atoms with Crippen molar-refractivity contribution in [3.05, 3.63) is 24.0 Å². The third kappa shape index (κ3) is 1.63. The molecule has 1 aliphatic rings. The van der Waals surface area contributed by atoms with Crippen LogP contribution in [-0.2, 0) is 6.54 Å². The highest BCUT2D eigenvalue weighted by Crippen LogP contribution is 2.18. The molecular formula is C9H14N2. The van der Waals surface area contributed by atoms with Gasteiger partial charge in [0, 0.05) is 25.0 Å². The highest BCUT2D eigenvalue weighted by atomic mass is 14.9. The molecule has 1 aromatic rings. The lowest BCUT2D eigenvalue weighted by Crippen LogP contribution is -2.34. The fourth-order valence-corrected chi connectivity index (χ4v) is 1.34. The van der Waals surface area contributed by atoms with E-state index in [0.717, 1.165) is 12.6 Å². The van der Waals surface area contributed by atoms with Crippen molar-refractivity contribution in [2.45, 2.75) is 31.8 Å². The van der Waals surface area contributed by atoms with Crippen LogP contribution in [0.1, 0.15) is 24.8 Å². The molecule has 2 rings (SSSR count). The van der Waals surface area contributed by atoms with E-state index in [2.05, 4.69) is 16.4 Å². The van der Waals surface area contributed by atoms with E-state index in [0.29, 0.717) is 0 Å². The Morgan fingerprint density at radius 1 is 1.55 bits per heavy atom. The standard InChI is InChI=1S/C9H14N2/c1-2-9(3-1)11-7-8-4-5-10-6-8/h4-6,9-11H,1-3,7H2. The van der Waals surface area contributed by atoms with Gasteiger partial charge in [0.1, 0.15) is 0 Å². The van der Waals surface area contributed by atoms with Crippen LogP contribution in [0.2, 0.25) is 0 Å². The van der Waals surface area contributed by atoms with Crippen LogP contribution in [0.25, 0.3) is 0 Å². The Balaban J connectivity index is 1.74. The van der Waals surface area contributed by atoms with E-state index in [-0.39, 0.29) is 0 Å². The minimum Gasteiger partial charge on any atom is -0.367 e. The molecule has 0 unspecified atom stereocenters. The van der Waals surface area contributed by atoms with Crippen molar-refractivity contribution in [2.75, 3.05) is 0 Å². The van der Waals surface area contributed by atoms with E-state index in [4.69, 9.17) is 0 Å². The summed E-state index contributed by atoms with van der Waals surface area (Å²) in [5.41, 5.74) is 1.36. The van der Waals surface area contributed by atoms with Gasteiger partial charge in [-0.05, 0) is 24.5 Å². The molecule has 0 spiro atoms. The van der Waals surface area contributed by atoms with Crippen molar-refractivity contribution in [1.29, 1.82) is 0 Å². The summed E-state index contributed by atoms with van der Waals surface area (Å²) in [6, 6.07) is 2.91. The Kier molecular flexibility index (Phi) is 1.95. The van der Waals surface area contributed by atoms with Gasteiger partial charge in [0.05, 0.1) is 0 Å². The summed E-state index contributed by atoms with van der Waals surface area (Å²) in [4.78, 5) is 3.05. The predicted molar refractivity (Wildman–Crippen MR) is 45.3 cm³/mol. The topological polar surface area (TPSA) is 27.8 Å². The van der Waals surface area contributed by atoms with Crippen molar-refractivity contribution in [3.8, 4) is 0 Å². The van der Waals surface area contributed by atoms with Crippen molar-refractivity contribution in [3.63, 3.8) is 0 Å². The van der Waals surface area contributed by atoms with Gasteiger partial charge in [-0.3, -0.25) is 0 Å². The second kappa shape index (κ2) is 3.09. The summed E-state index contributed by atoms with van der Waals surface area (Å²) in [6.45, 7) is 1.02. The number of rotatable bonds is 3. The molecule has 60 valence electrons.